The fourth-order valence-electron chi connectivity index (χ4n) is 1.43. The molecule has 106 valence electrons. The number of benzene rings is 1. The first-order valence-corrected chi connectivity index (χ1v) is 7.80. The average molecular weight is 306 g/mol. The fourth-order valence-corrected chi connectivity index (χ4v) is 2.87. The highest BCUT2D eigenvalue weighted by Crippen LogP contribution is 2.19. The third kappa shape index (κ3) is 4.91. The van der Waals surface area contributed by atoms with Crippen molar-refractivity contribution >= 4 is 28.3 Å². The van der Waals surface area contributed by atoms with Crippen LogP contribution in [0.1, 0.15) is 25.8 Å². The molecule has 19 heavy (non-hydrogen) atoms. The van der Waals surface area contributed by atoms with E-state index in [-0.39, 0.29) is 16.7 Å². The van der Waals surface area contributed by atoms with Crippen LogP contribution in [0.5, 0.6) is 0 Å². The highest BCUT2D eigenvalue weighted by molar-refractivity contribution is 7.85. The van der Waals surface area contributed by atoms with Crippen LogP contribution in [-0.4, -0.2) is 21.9 Å². The van der Waals surface area contributed by atoms with Gasteiger partial charge in [-0.25, -0.2) is 4.39 Å². The molecule has 0 aliphatic rings. The summed E-state index contributed by atoms with van der Waals surface area (Å²) in [6.07, 6.45) is 0.828. The van der Waals surface area contributed by atoms with Gasteiger partial charge in [-0.15, -0.1) is 0 Å². The lowest BCUT2D eigenvalue weighted by Crippen LogP contribution is -2.36. The number of carbonyl (C=O) groups is 1. The van der Waals surface area contributed by atoms with Gasteiger partial charge >= 0.3 is 0 Å². The van der Waals surface area contributed by atoms with E-state index in [1.54, 1.807) is 6.92 Å². The molecule has 1 amide bonds. The van der Waals surface area contributed by atoms with E-state index in [1.807, 2.05) is 6.92 Å². The van der Waals surface area contributed by atoms with Gasteiger partial charge in [-0.2, -0.15) is 0 Å². The molecule has 3 nitrogen and oxygen atoms in total. The molecule has 1 rings (SSSR count). The number of hydrogen-bond acceptors (Lipinski definition) is 2. The zero-order chi connectivity index (χ0) is 14.4. The van der Waals surface area contributed by atoms with E-state index < -0.39 is 21.9 Å². The van der Waals surface area contributed by atoms with Crippen LogP contribution in [0, 0.1) is 5.82 Å². The van der Waals surface area contributed by atoms with Crippen molar-refractivity contribution in [2.75, 3.05) is 6.54 Å². The van der Waals surface area contributed by atoms with Crippen LogP contribution in [0.4, 0.5) is 4.39 Å². The summed E-state index contributed by atoms with van der Waals surface area (Å²) in [6.45, 7) is 4.12. The third-order valence-corrected chi connectivity index (χ3v) is 4.58. The molecule has 1 N–H and O–H groups in total. The van der Waals surface area contributed by atoms with E-state index in [9.17, 15) is 13.4 Å². The highest BCUT2D eigenvalue weighted by atomic mass is 35.5. The lowest BCUT2D eigenvalue weighted by atomic mass is 10.2. The molecule has 2 atom stereocenters. The molecule has 0 saturated carbocycles. The normalized spacial score (nSPS) is 13.9. The Balaban J connectivity index is 2.66. The summed E-state index contributed by atoms with van der Waals surface area (Å²) < 4.78 is 24.9. The maximum Gasteiger partial charge on any atom is 0.235 e. The van der Waals surface area contributed by atoms with Gasteiger partial charge in [0, 0.05) is 22.4 Å². The van der Waals surface area contributed by atoms with Crippen molar-refractivity contribution < 1.29 is 13.4 Å². The molecule has 0 radical (unpaired) electrons. The van der Waals surface area contributed by atoms with Gasteiger partial charge in [-0.05, 0) is 31.0 Å². The monoisotopic (exact) mass is 305 g/mol. The second kappa shape index (κ2) is 7.60. The molecule has 0 fully saturated rings. The summed E-state index contributed by atoms with van der Waals surface area (Å²) in [4.78, 5) is 11.7. The van der Waals surface area contributed by atoms with Crippen molar-refractivity contribution in [2.24, 2.45) is 0 Å². The molecule has 1 aromatic carbocycles. The van der Waals surface area contributed by atoms with E-state index in [1.165, 1.54) is 18.2 Å². The zero-order valence-corrected chi connectivity index (χ0v) is 12.5. The number of amides is 1. The van der Waals surface area contributed by atoms with Crippen molar-refractivity contribution in [1.29, 1.82) is 0 Å². The predicted octanol–water partition coefficient (Wildman–Crippen LogP) is 2.64. The van der Waals surface area contributed by atoms with Gasteiger partial charge in [-0.1, -0.05) is 24.6 Å². The molecular weight excluding hydrogens is 289 g/mol. The predicted molar refractivity (Wildman–Crippen MR) is 76.0 cm³/mol. The summed E-state index contributed by atoms with van der Waals surface area (Å²) in [5, 5.41) is 2.31. The first-order chi connectivity index (χ1) is 8.95. The summed E-state index contributed by atoms with van der Waals surface area (Å²) in [7, 11) is -1.39. The minimum absolute atomic E-state index is 0.139. The molecule has 0 aromatic heterocycles. The van der Waals surface area contributed by atoms with Gasteiger partial charge < -0.3 is 5.32 Å². The van der Waals surface area contributed by atoms with E-state index in [2.05, 4.69) is 5.32 Å². The Labute approximate surface area is 120 Å². The summed E-state index contributed by atoms with van der Waals surface area (Å²) >= 11 is 5.87. The Hall–Kier alpha value is -0.940. The molecule has 1 aromatic rings. The quantitative estimate of drug-likeness (QED) is 0.878. The van der Waals surface area contributed by atoms with E-state index in [0.29, 0.717) is 12.1 Å². The number of carbonyl (C=O) groups excluding carboxylic acids is 1. The number of nitrogens with one attached hydrogen (secondary N) is 1. The fraction of sp³-hybridized carbons (Fsp3) is 0.462. The van der Waals surface area contributed by atoms with Gasteiger partial charge in [-0.3, -0.25) is 9.00 Å². The molecular formula is C13H17ClFNO2S. The minimum Gasteiger partial charge on any atom is -0.355 e. The Kier molecular flexibility index (Phi) is 6.45. The maximum absolute atomic E-state index is 12.9. The van der Waals surface area contributed by atoms with Crippen molar-refractivity contribution in [2.45, 2.75) is 31.3 Å². The number of rotatable bonds is 6. The smallest absolute Gasteiger partial charge is 0.235 e. The molecule has 0 unspecified atom stereocenters. The Bertz CT molecular complexity index is 482. The van der Waals surface area contributed by atoms with E-state index in [4.69, 9.17) is 11.6 Å². The van der Waals surface area contributed by atoms with Crippen LogP contribution in [0.15, 0.2) is 18.2 Å². The van der Waals surface area contributed by atoms with E-state index in [0.717, 1.165) is 6.42 Å². The van der Waals surface area contributed by atoms with Crippen LogP contribution in [0.2, 0.25) is 5.02 Å². The average Bonchev–Trinajstić information content (AvgIpc) is 2.38. The number of hydrogen-bond donors (Lipinski definition) is 1. The second-order valence-corrected chi connectivity index (χ2v) is 6.36. The van der Waals surface area contributed by atoms with Gasteiger partial charge in [0.05, 0.1) is 5.75 Å². The molecule has 0 saturated heterocycles. The molecule has 0 heterocycles. The lowest BCUT2D eigenvalue weighted by Gasteiger charge is -2.12. The summed E-state index contributed by atoms with van der Waals surface area (Å²) in [6, 6.07) is 3.93. The lowest BCUT2D eigenvalue weighted by molar-refractivity contribution is -0.120. The molecule has 0 bridgehead atoms. The SMILES string of the molecule is CCCNC(=O)[C@H](C)[S@](=O)Cc1ccc(F)cc1Cl. The molecule has 0 aliphatic heterocycles. The maximum atomic E-state index is 12.9. The van der Waals surface area contributed by atoms with Gasteiger partial charge in [0.15, 0.2) is 0 Å². The van der Waals surface area contributed by atoms with Crippen molar-refractivity contribution in [3.8, 4) is 0 Å². The summed E-state index contributed by atoms with van der Waals surface area (Å²) in [5.74, 6) is -0.536. The van der Waals surface area contributed by atoms with Crippen molar-refractivity contribution in [3.05, 3.63) is 34.6 Å². The largest absolute Gasteiger partial charge is 0.355 e. The van der Waals surface area contributed by atoms with Crippen LogP contribution in [0.25, 0.3) is 0 Å². The van der Waals surface area contributed by atoms with Gasteiger partial charge in [0.2, 0.25) is 5.91 Å². The van der Waals surface area contributed by atoms with E-state index >= 15 is 0 Å². The Morgan fingerprint density at radius 1 is 1.53 bits per heavy atom. The standard InChI is InChI=1S/C13H17ClFNO2S/c1-3-6-16-13(17)9(2)19(18)8-10-4-5-11(15)7-12(10)14/h4-5,7,9H,3,6,8H2,1-2H3,(H,16,17)/t9-,19+/m0/s1. The summed E-state index contributed by atoms with van der Waals surface area (Å²) in [5.41, 5.74) is 0.580. The minimum atomic E-state index is -1.39. The van der Waals surface area contributed by atoms with Crippen molar-refractivity contribution in [1.82, 2.24) is 5.32 Å². The van der Waals surface area contributed by atoms with Crippen molar-refractivity contribution in [3.63, 3.8) is 0 Å². The first-order valence-electron chi connectivity index (χ1n) is 6.04. The van der Waals surface area contributed by atoms with Crippen LogP contribution >= 0.6 is 11.6 Å². The number of halogens is 2. The Morgan fingerprint density at radius 2 is 2.21 bits per heavy atom. The van der Waals surface area contributed by atoms with Crippen LogP contribution in [-0.2, 0) is 21.3 Å². The third-order valence-electron chi connectivity index (χ3n) is 2.63. The second-order valence-electron chi connectivity index (χ2n) is 4.19. The van der Waals surface area contributed by atoms with Gasteiger partial charge in [0.1, 0.15) is 11.1 Å². The highest BCUT2D eigenvalue weighted by Gasteiger charge is 2.20. The van der Waals surface area contributed by atoms with Crippen LogP contribution < -0.4 is 5.32 Å². The topological polar surface area (TPSA) is 46.2 Å². The van der Waals surface area contributed by atoms with Gasteiger partial charge in [0.25, 0.3) is 0 Å². The first kappa shape index (κ1) is 16.1. The Morgan fingerprint density at radius 3 is 2.79 bits per heavy atom. The van der Waals surface area contributed by atoms with Crippen LogP contribution in [0.3, 0.4) is 0 Å². The molecule has 6 heteroatoms. The molecule has 0 aliphatic carbocycles. The molecule has 0 spiro atoms. The zero-order valence-electron chi connectivity index (χ0n) is 10.9.